The molecule has 0 aliphatic carbocycles. The van der Waals surface area contributed by atoms with Gasteiger partial charge in [0.1, 0.15) is 0 Å². The third-order valence-corrected chi connectivity index (χ3v) is 2.44. The molecular weight excluding hydrogens is 194 g/mol. The molecule has 0 bridgehead atoms. The lowest BCUT2D eigenvalue weighted by Gasteiger charge is -2.06. The van der Waals surface area contributed by atoms with Crippen molar-refractivity contribution in [1.29, 1.82) is 0 Å². The predicted octanol–water partition coefficient (Wildman–Crippen LogP) is -0.0165. The van der Waals surface area contributed by atoms with Gasteiger partial charge in [-0.05, 0) is 24.1 Å². The molecule has 2 rings (SSSR count). The zero-order valence-corrected chi connectivity index (χ0v) is 8.26. The van der Waals surface area contributed by atoms with Gasteiger partial charge in [-0.3, -0.25) is 9.59 Å². The van der Waals surface area contributed by atoms with Gasteiger partial charge in [0.25, 0.3) is 0 Å². The van der Waals surface area contributed by atoms with Gasteiger partial charge < -0.3 is 15.7 Å². The summed E-state index contributed by atoms with van der Waals surface area (Å²) in [5.74, 6) is 0. The van der Waals surface area contributed by atoms with Gasteiger partial charge in [-0.1, -0.05) is 6.07 Å². The second-order valence-corrected chi connectivity index (χ2v) is 3.40. The Hall–Kier alpha value is -1.88. The van der Waals surface area contributed by atoms with Crippen LogP contribution >= 0.6 is 0 Å². The molecule has 0 saturated heterocycles. The summed E-state index contributed by atoms with van der Waals surface area (Å²) in [5, 5.41) is 0. The van der Waals surface area contributed by atoms with E-state index in [-0.39, 0.29) is 0 Å². The highest BCUT2D eigenvalue weighted by Gasteiger charge is 2.05. The minimum Gasteiger partial charge on any atom is -0.326 e. The summed E-state index contributed by atoms with van der Waals surface area (Å²) in [7, 11) is 0. The number of hydrogen-bond donors (Lipinski definition) is 3. The van der Waals surface area contributed by atoms with E-state index in [0.717, 1.165) is 11.1 Å². The lowest BCUT2D eigenvalue weighted by Crippen LogP contribution is -2.29. The van der Waals surface area contributed by atoms with Crippen LogP contribution in [0.5, 0.6) is 0 Å². The van der Waals surface area contributed by atoms with Crippen LogP contribution in [-0.4, -0.2) is 9.97 Å². The highest BCUT2D eigenvalue weighted by molar-refractivity contribution is 5.78. The molecule has 0 aliphatic rings. The first-order valence-electron chi connectivity index (χ1n) is 4.58. The van der Waals surface area contributed by atoms with Crippen molar-refractivity contribution in [3.8, 4) is 0 Å². The number of nitrogens with two attached hydrogens (primary N) is 1. The minimum atomic E-state index is -0.650. The van der Waals surface area contributed by atoms with Crippen LogP contribution in [0.25, 0.3) is 11.0 Å². The Kier molecular flexibility index (Phi) is 2.17. The topological polar surface area (TPSA) is 91.7 Å². The number of H-pyrrole nitrogens is 2. The molecule has 0 amide bonds. The quantitative estimate of drug-likeness (QED) is 0.571. The standard InChI is InChI=1S/C10H11N3O2/c1-5-2-3-7-8(6(5)4-11)13-10(15)9(14)12-7/h2-3H,4,11H2,1H3,(H,12,14)(H,13,15). The highest BCUT2D eigenvalue weighted by atomic mass is 16.2. The molecule has 4 N–H and O–H groups in total. The fourth-order valence-corrected chi connectivity index (χ4v) is 1.61. The van der Waals surface area contributed by atoms with E-state index in [2.05, 4.69) is 9.97 Å². The van der Waals surface area contributed by atoms with Crippen molar-refractivity contribution in [3.05, 3.63) is 44.0 Å². The lowest BCUT2D eigenvalue weighted by molar-refractivity contribution is 1.04. The smallest absolute Gasteiger partial charge is 0.314 e. The summed E-state index contributed by atoms with van der Waals surface area (Å²) in [5.41, 5.74) is 7.35. The van der Waals surface area contributed by atoms with Gasteiger partial charge in [-0.2, -0.15) is 0 Å². The van der Waals surface area contributed by atoms with Gasteiger partial charge >= 0.3 is 11.1 Å². The summed E-state index contributed by atoms with van der Waals surface area (Å²) in [6.07, 6.45) is 0. The molecular formula is C10H11N3O2. The molecule has 0 saturated carbocycles. The average Bonchev–Trinajstić information content (AvgIpc) is 2.21. The Bertz CT molecular complexity index is 625. The first kappa shape index (κ1) is 9.67. The van der Waals surface area contributed by atoms with Crippen LogP contribution in [0.2, 0.25) is 0 Å². The Morgan fingerprint density at radius 3 is 2.53 bits per heavy atom. The minimum absolute atomic E-state index is 0.325. The van der Waals surface area contributed by atoms with Crippen molar-refractivity contribution in [2.45, 2.75) is 13.5 Å². The fraction of sp³-hybridized carbons (Fsp3) is 0.200. The van der Waals surface area contributed by atoms with E-state index in [4.69, 9.17) is 5.73 Å². The number of aromatic amines is 2. The van der Waals surface area contributed by atoms with Crippen molar-refractivity contribution in [1.82, 2.24) is 9.97 Å². The molecule has 0 radical (unpaired) electrons. The average molecular weight is 205 g/mol. The zero-order valence-electron chi connectivity index (χ0n) is 8.26. The van der Waals surface area contributed by atoms with E-state index < -0.39 is 11.1 Å². The van der Waals surface area contributed by atoms with E-state index in [9.17, 15) is 9.59 Å². The van der Waals surface area contributed by atoms with Gasteiger partial charge in [0.05, 0.1) is 11.0 Å². The van der Waals surface area contributed by atoms with E-state index in [0.29, 0.717) is 17.6 Å². The Labute approximate surface area is 84.9 Å². The molecule has 0 spiro atoms. The molecule has 0 fully saturated rings. The Balaban J connectivity index is 2.99. The predicted molar refractivity (Wildman–Crippen MR) is 57.8 cm³/mol. The number of rotatable bonds is 1. The number of aryl methyl sites for hydroxylation is 1. The molecule has 0 aliphatic heterocycles. The molecule has 1 aromatic carbocycles. The number of hydrogen-bond acceptors (Lipinski definition) is 3. The molecule has 0 atom stereocenters. The maximum absolute atomic E-state index is 11.2. The summed E-state index contributed by atoms with van der Waals surface area (Å²) in [6.45, 7) is 2.23. The van der Waals surface area contributed by atoms with Crippen LogP contribution in [-0.2, 0) is 6.54 Å². The lowest BCUT2D eigenvalue weighted by atomic mass is 10.1. The van der Waals surface area contributed by atoms with Crippen molar-refractivity contribution in [3.63, 3.8) is 0 Å². The molecule has 5 heteroatoms. The molecule has 1 heterocycles. The van der Waals surface area contributed by atoms with Crippen molar-refractivity contribution in [2.24, 2.45) is 5.73 Å². The van der Waals surface area contributed by atoms with Crippen molar-refractivity contribution < 1.29 is 0 Å². The summed E-state index contributed by atoms with van der Waals surface area (Å²) in [6, 6.07) is 3.61. The maximum Gasteiger partial charge on any atom is 0.314 e. The molecule has 1 aromatic heterocycles. The summed E-state index contributed by atoms with van der Waals surface area (Å²) < 4.78 is 0. The maximum atomic E-state index is 11.2. The van der Waals surface area contributed by atoms with Crippen molar-refractivity contribution >= 4 is 11.0 Å². The highest BCUT2D eigenvalue weighted by Crippen LogP contribution is 2.15. The summed E-state index contributed by atoms with van der Waals surface area (Å²) >= 11 is 0. The SMILES string of the molecule is Cc1ccc2[nH]c(=O)c(=O)[nH]c2c1CN. The molecule has 5 nitrogen and oxygen atoms in total. The van der Waals surface area contributed by atoms with E-state index in [1.807, 2.05) is 13.0 Å². The molecule has 2 aromatic rings. The van der Waals surface area contributed by atoms with Gasteiger partial charge in [0, 0.05) is 6.54 Å². The van der Waals surface area contributed by atoms with Gasteiger partial charge in [0.2, 0.25) is 0 Å². The first-order chi connectivity index (χ1) is 7.13. The van der Waals surface area contributed by atoms with Crippen LogP contribution in [0, 0.1) is 6.92 Å². The Morgan fingerprint density at radius 1 is 1.20 bits per heavy atom. The molecule has 0 unspecified atom stereocenters. The molecule has 78 valence electrons. The van der Waals surface area contributed by atoms with Gasteiger partial charge in [-0.25, -0.2) is 0 Å². The van der Waals surface area contributed by atoms with E-state index in [1.165, 1.54) is 0 Å². The van der Waals surface area contributed by atoms with E-state index in [1.54, 1.807) is 6.07 Å². The number of aromatic nitrogens is 2. The fourth-order valence-electron chi connectivity index (χ4n) is 1.61. The largest absolute Gasteiger partial charge is 0.326 e. The summed E-state index contributed by atoms with van der Waals surface area (Å²) in [4.78, 5) is 27.3. The van der Waals surface area contributed by atoms with Crippen molar-refractivity contribution in [2.75, 3.05) is 0 Å². The van der Waals surface area contributed by atoms with Crippen LogP contribution in [0.1, 0.15) is 11.1 Å². The third-order valence-electron chi connectivity index (χ3n) is 2.44. The number of fused-ring (bicyclic) bond motifs is 1. The monoisotopic (exact) mass is 205 g/mol. The third kappa shape index (κ3) is 1.46. The van der Waals surface area contributed by atoms with E-state index >= 15 is 0 Å². The van der Waals surface area contributed by atoms with Gasteiger partial charge in [0.15, 0.2) is 0 Å². The van der Waals surface area contributed by atoms with Crippen LogP contribution in [0.4, 0.5) is 0 Å². The van der Waals surface area contributed by atoms with Crippen LogP contribution in [0.3, 0.4) is 0 Å². The normalized spacial score (nSPS) is 10.8. The Morgan fingerprint density at radius 2 is 1.87 bits per heavy atom. The second kappa shape index (κ2) is 3.36. The zero-order chi connectivity index (χ0) is 11.0. The van der Waals surface area contributed by atoms with Crippen LogP contribution in [0.15, 0.2) is 21.7 Å². The first-order valence-corrected chi connectivity index (χ1v) is 4.58. The van der Waals surface area contributed by atoms with Gasteiger partial charge in [-0.15, -0.1) is 0 Å². The van der Waals surface area contributed by atoms with Crippen LogP contribution < -0.4 is 16.9 Å². The molecule has 15 heavy (non-hydrogen) atoms. The number of benzene rings is 1. The second-order valence-electron chi connectivity index (χ2n) is 3.40. The number of nitrogens with one attached hydrogen (secondary N) is 2.